The molecular weight excluding hydrogens is 443 g/mol. The van der Waals surface area contributed by atoms with Crippen molar-refractivity contribution in [1.29, 1.82) is 0 Å². The Hall–Kier alpha value is -2.44. The highest BCUT2D eigenvalue weighted by Crippen LogP contribution is 2.41. The average Bonchev–Trinajstić information content (AvgIpc) is 2.82. The van der Waals surface area contributed by atoms with Crippen LogP contribution in [0.4, 0.5) is 9.18 Å². The highest BCUT2D eigenvalue weighted by atomic mass is 19.1. The summed E-state index contributed by atoms with van der Waals surface area (Å²) >= 11 is 0. The fourth-order valence-electron chi connectivity index (χ4n) is 5.37. The summed E-state index contributed by atoms with van der Waals surface area (Å²) in [6, 6.07) is 14.9. The Morgan fingerprint density at radius 2 is 1.66 bits per heavy atom. The van der Waals surface area contributed by atoms with Crippen LogP contribution in [-0.2, 0) is 4.74 Å². The van der Waals surface area contributed by atoms with Crippen LogP contribution in [0.2, 0.25) is 0 Å². The van der Waals surface area contributed by atoms with Crippen molar-refractivity contribution in [2.75, 3.05) is 32.7 Å². The SMILES string of the molecule is CC(C)(C)OC(=O)N1CCN(CC(c2ccc(-c3cccc(F)c3)cc2)C2(O)CCCCC2)CC1. The van der Waals surface area contributed by atoms with E-state index in [0.717, 1.165) is 62.0 Å². The van der Waals surface area contributed by atoms with Gasteiger partial charge >= 0.3 is 6.09 Å². The van der Waals surface area contributed by atoms with Gasteiger partial charge in [-0.15, -0.1) is 0 Å². The molecule has 0 aromatic heterocycles. The van der Waals surface area contributed by atoms with E-state index in [1.807, 2.05) is 39.0 Å². The number of carbonyl (C=O) groups excluding carboxylic acids is 1. The molecule has 2 aromatic rings. The highest BCUT2D eigenvalue weighted by Gasteiger charge is 2.40. The van der Waals surface area contributed by atoms with Gasteiger partial charge in [0.25, 0.3) is 0 Å². The first kappa shape index (κ1) is 25.6. The van der Waals surface area contributed by atoms with E-state index >= 15 is 0 Å². The standard InChI is InChI=1S/C29H39FN2O3/c1-28(2,3)35-27(33)32-18-16-31(17-19-32)21-26(29(34)14-5-4-6-15-29)23-12-10-22(11-13-23)24-8-7-9-25(30)20-24/h7-13,20,26,34H,4-6,14-19,21H2,1-3H3. The first-order valence-electron chi connectivity index (χ1n) is 12.9. The highest BCUT2D eigenvalue weighted by molar-refractivity contribution is 5.68. The van der Waals surface area contributed by atoms with Gasteiger partial charge in [0.2, 0.25) is 0 Å². The molecule has 2 aromatic carbocycles. The molecular formula is C29H39FN2O3. The third-order valence-corrected chi connectivity index (χ3v) is 7.30. The van der Waals surface area contributed by atoms with Crippen molar-refractivity contribution in [2.24, 2.45) is 0 Å². The second-order valence-corrected chi connectivity index (χ2v) is 11.1. The Bertz CT molecular complexity index is 988. The van der Waals surface area contributed by atoms with Crippen LogP contribution in [0, 0.1) is 5.82 Å². The van der Waals surface area contributed by atoms with Crippen molar-refractivity contribution in [1.82, 2.24) is 9.80 Å². The molecule has 1 saturated carbocycles. The smallest absolute Gasteiger partial charge is 0.410 e. The maximum atomic E-state index is 13.7. The number of benzene rings is 2. The molecule has 1 amide bonds. The monoisotopic (exact) mass is 482 g/mol. The van der Waals surface area contributed by atoms with Crippen LogP contribution in [0.25, 0.3) is 11.1 Å². The van der Waals surface area contributed by atoms with Gasteiger partial charge in [-0.1, -0.05) is 55.7 Å². The molecule has 1 saturated heterocycles. The third-order valence-electron chi connectivity index (χ3n) is 7.30. The fourth-order valence-corrected chi connectivity index (χ4v) is 5.37. The van der Waals surface area contributed by atoms with E-state index in [1.165, 1.54) is 12.5 Å². The van der Waals surface area contributed by atoms with Crippen LogP contribution in [0.5, 0.6) is 0 Å². The lowest BCUT2D eigenvalue weighted by Gasteiger charge is -2.43. The van der Waals surface area contributed by atoms with Crippen molar-refractivity contribution in [3.05, 3.63) is 59.9 Å². The normalized spacial score (nSPS) is 19.9. The summed E-state index contributed by atoms with van der Waals surface area (Å²) in [7, 11) is 0. The van der Waals surface area contributed by atoms with Gasteiger partial charge in [0, 0.05) is 38.6 Å². The Morgan fingerprint density at radius 1 is 1.00 bits per heavy atom. The number of carbonyl (C=O) groups is 1. The quantitative estimate of drug-likeness (QED) is 0.583. The predicted molar refractivity (Wildman–Crippen MR) is 137 cm³/mol. The summed E-state index contributed by atoms with van der Waals surface area (Å²) in [6.07, 6.45) is 4.61. The molecule has 0 radical (unpaired) electrons. The maximum Gasteiger partial charge on any atom is 0.410 e. The first-order chi connectivity index (χ1) is 16.6. The van der Waals surface area contributed by atoms with Crippen LogP contribution < -0.4 is 0 Å². The van der Waals surface area contributed by atoms with Gasteiger partial charge in [0.1, 0.15) is 11.4 Å². The van der Waals surface area contributed by atoms with Crippen molar-refractivity contribution in [3.8, 4) is 11.1 Å². The number of ether oxygens (including phenoxy) is 1. The van der Waals surface area contributed by atoms with Crippen molar-refractivity contribution < 1.29 is 19.0 Å². The van der Waals surface area contributed by atoms with Crippen LogP contribution in [0.3, 0.4) is 0 Å². The zero-order valence-corrected chi connectivity index (χ0v) is 21.3. The zero-order valence-electron chi connectivity index (χ0n) is 21.3. The Labute approximate surface area is 208 Å². The maximum absolute atomic E-state index is 13.7. The summed E-state index contributed by atoms with van der Waals surface area (Å²) < 4.78 is 19.2. The molecule has 0 bridgehead atoms. The van der Waals surface area contributed by atoms with Crippen molar-refractivity contribution >= 4 is 6.09 Å². The molecule has 2 aliphatic rings. The van der Waals surface area contributed by atoms with E-state index < -0.39 is 11.2 Å². The minimum absolute atomic E-state index is 0.0163. The van der Waals surface area contributed by atoms with Gasteiger partial charge in [0.05, 0.1) is 5.60 Å². The molecule has 4 rings (SSSR count). The van der Waals surface area contributed by atoms with Crippen LogP contribution in [0.1, 0.15) is 64.4 Å². The molecule has 1 aliphatic carbocycles. The van der Waals surface area contributed by atoms with E-state index in [4.69, 9.17) is 4.74 Å². The number of rotatable bonds is 5. The van der Waals surface area contributed by atoms with E-state index in [2.05, 4.69) is 17.0 Å². The number of nitrogens with zero attached hydrogens (tertiary/aromatic N) is 2. The van der Waals surface area contributed by atoms with Crippen molar-refractivity contribution in [2.45, 2.75) is 70.0 Å². The zero-order chi connectivity index (χ0) is 25.1. The molecule has 1 unspecified atom stereocenters. The minimum atomic E-state index is -0.735. The molecule has 0 spiro atoms. The first-order valence-corrected chi connectivity index (χ1v) is 12.9. The van der Waals surface area contributed by atoms with E-state index in [0.29, 0.717) is 13.1 Å². The number of hydrogen-bond acceptors (Lipinski definition) is 4. The second-order valence-electron chi connectivity index (χ2n) is 11.1. The summed E-state index contributed by atoms with van der Waals surface area (Å²) in [6.45, 7) is 9.16. The third kappa shape index (κ3) is 6.62. The Balaban J connectivity index is 1.48. The number of piperazine rings is 1. The number of halogens is 1. The van der Waals surface area contributed by atoms with Crippen LogP contribution in [-0.4, -0.2) is 64.9 Å². The van der Waals surface area contributed by atoms with Gasteiger partial charge in [-0.3, -0.25) is 4.90 Å². The van der Waals surface area contributed by atoms with E-state index in [-0.39, 0.29) is 17.8 Å². The Kier molecular flexibility index (Phi) is 7.82. The molecule has 35 heavy (non-hydrogen) atoms. The summed E-state index contributed by atoms with van der Waals surface area (Å²) in [4.78, 5) is 16.6. The molecule has 1 heterocycles. The topological polar surface area (TPSA) is 53.0 Å². The van der Waals surface area contributed by atoms with Crippen LogP contribution >= 0.6 is 0 Å². The van der Waals surface area contributed by atoms with Gasteiger partial charge < -0.3 is 14.7 Å². The minimum Gasteiger partial charge on any atom is -0.444 e. The molecule has 1 atom stereocenters. The van der Waals surface area contributed by atoms with E-state index in [9.17, 15) is 14.3 Å². The lowest BCUT2D eigenvalue weighted by atomic mass is 9.72. The lowest BCUT2D eigenvalue weighted by molar-refractivity contribution is -0.0356. The molecule has 1 N–H and O–H groups in total. The van der Waals surface area contributed by atoms with Gasteiger partial charge in [-0.05, 0) is 62.4 Å². The lowest BCUT2D eigenvalue weighted by Crippen LogP contribution is -2.52. The molecule has 5 nitrogen and oxygen atoms in total. The summed E-state index contributed by atoms with van der Waals surface area (Å²) in [5, 5.41) is 11.7. The van der Waals surface area contributed by atoms with Crippen molar-refractivity contribution in [3.63, 3.8) is 0 Å². The predicted octanol–water partition coefficient (Wildman–Crippen LogP) is 5.82. The van der Waals surface area contributed by atoms with Gasteiger partial charge in [-0.25, -0.2) is 9.18 Å². The second kappa shape index (κ2) is 10.7. The summed E-state index contributed by atoms with van der Waals surface area (Å²) in [5.74, 6) is -0.260. The fraction of sp³-hybridized carbons (Fsp3) is 0.552. The molecule has 190 valence electrons. The number of aliphatic hydroxyl groups is 1. The summed E-state index contributed by atoms with van der Waals surface area (Å²) in [5.41, 5.74) is 1.70. The average molecular weight is 483 g/mol. The Morgan fingerprint density at radius 3 is 2.26 bits per heavy atom. The molecule has 1 aliphatic heterocycles. The molecule has 6 heteroatoms. The van der Waals surface area contributed by atoms with E-state index in [1.54, 1.807) is 17.0 Å². The number of hydrogen-bond donors (Lipinski definition) is 1. The van der Waals surface area contributed by atoms with Gasteiger partial charge in [-0.2, -0.15) is 0 Å². The largest absolute Gasteiger partial charge is 0.444 e. The number of amides is 1. The van der Waals surface area contributed by atoms with Gasteiger partial charge in [0.15, 0.2) is 0 Å². The molecule has 2 fully saturated rings. The van der Waals surface area contributed by atoms with Crippen LogP contribution in [0.15, 0.2) is 48.5 Å².